The van der Waals surface area contributed by atoms with Gasteiger partial charge in [0.2, 0.25) is 0 Å². The predicted molar refractivity (Wildman–Crippen MR) is 120 cm³/mol. The second kappa shape index (κ2) is 8.40. The highest BCUT2D eigenvalue weighted by molar-refractivity contribution is 7.98. The first-order valence-electron chi connectivity index (χ1n) is 10.3. The second-order valence-corrected chi connectivity index (χ2v) is 9.09. The molecule has 0 N–H and O–H groups in total. The van der Waals surface area contributed by atoms with E-state index in [4.69, 9.17) is 0 Å². The summed E-state index contributed by atoms with van der Waals surface area (Å²) in [5.41, 5.74) is -4.93. The molecule has 0 saturated carbocycles. The second-order valence-electron chi connectivity index (χ2n) is 8.25. The van der Waals surface area contributed by atoms with E-state index in [0.29, 0.717) is 6.07 Å². The minimum absolute atomic E-state index is 0.0367. The zero-order chi connectivity index (χ0) is 26.8. The number of nitriles is 1. The molecular formula is C25H16F8N2S. The lowest BCUT2D eigenvalue weighted by atomic mass is 9.92. The van der Waals surface area contributed by atoms with E-state index in [1.807, 2.05) is 0 Å². The van der Waals surface area contributed by atoms with Crippen molar-refractivity contribution in [2.24, 2.45) is 7.05 Å². The van der Waals surface area contributed by atoms with E-state index in [9.17, 15) is 22.8 Å². The van der Waals surface area contributed by atoms with Gasteiger partial charge in [-0.3, -0.25) is 0 Å². The average molecular weight is 528 g/mol. The molecule has 1 aromatic heterocycles. The fraction of sp³-hybridized carbons (Fsp3) is 0.240. The van der Waals surface area contributed by atoms with Gasteiger partial charge in [-0.05, 0) is 60.2 Å². The molecule has 4 rings (SSSR count). The quantitative estimate of drug-likeness (QED) is 0.257. The summed E-state index contributed by atoms with van der Waals surface area (Å²) in [6.45, 7) is 1.24. The molecular weight excluding hydrogens is 512 g/mol. The Morgan fingerprint density at radius 1 is 0.806 bits per heavy atom. The third-order valence-corrected chi connectivity index (χ3v) is 7.05. The summed E-state index contributed by atoms with van der Waals surface area (Å²) in [5, 5.41) is 9.27. The van der Waals surface area contributed by atoms with Crippen LogP contribution in [-0.2, 0) is 7.05 Å². The van der Waals surface area contributed by atoms with Crippen molar-refractivity contribution in [3.05, 3.63) is 76.6 Å². The molecule has 0 bridgehead atoms. The topological polar surface area (TPSA) is 28.7 Å². The van der Waals surface area contributed by atoms with Gasteiger partial charge in [-0.15, -0.1) is 11.8 Å². The van der Waals surface area contributed by atoms with Gasteiger partial charge in [0, 0.05) is 40.4 Å². The number of hydrogen-bond acceptors (Lipinski definition) is 2. The Kier molecular flexibility index (Phi) is 6.03. The number of aromatic nitrogens is 1. The molecule has 0 aliphatic heterocycles. The van der Waals surface area contributed by atoms with Crippen molar-refractivity contribution >= 4 is 22.9 Å². The Morgan fingerprint density at radius 3 is 1.86 bits per heavy atom. The minimum Gasteiger partial charge on any atom is -0.339 e. The van der Waals surface area contributed by atoms with Crippen LogP contribution in [0.15, 0.2) is 47.4 Å². The van der Waals surface area contributed by atoms with Crippen LogP contribution in [0.3, 0.4) is 0 Å². The normalized spacial score (nSPS) is 17.9. The smallest absolute Gasteiger partial charge is 0.339 e. The minimum atomic E-state index is -5.80. The zero-order valence-corrected chi connectivity index (χ0v) is 19.7. The molecule has 2 aromatic carbocycles. The van der Waals surface area contributed by atoms with Gasteiger partial charge in [-0.1, -0.05) is 6.07 Å². The maximum Gasteiger partial charge on any atom is 0.380 e. The van der Waals surface area contributed by atoms with Crippen LogP contribution in [0.1, 0.15) is 22.5 Å². The van der Waals surface area contributed by atoms with Crippen molar-refractivity contribution < 1.29 is 35.1 Å². The highest BCUT2D eigenvalue weighted by Gasteiger charge is 2.80. The molecule has 0 radical (unpaired) electrons. The van der Waals surface area contributed by atoms with Gasteiger partial charge < -0.3 is 4.57 Å². The average Bonchev–Trinajstić information content (AvgIpc) is 3.13. The van der Waals surface area contributed by atoms with Crippen LogP contribution in [0.4, 0.5) is 35.1 Å². The number of hydrogen-bond donors (Lipinski definition) is 0. The summed E-state index contributed by atoms with van der Waals surface area (Å²) < 4.78 is 119. The number of alkyl halides is 6. The van der Waals surface area contributed by atoms with Crippen LogP contribution < -0.4 is 0 Å². The number of benzene rings is 2. The molecule has 1 aliphatic rings. The molecule has 2 nitrogen and oxygen atoms in total. The van der Waals surface area contributed by atoms with Crippen LogP contribution in [-0.4, -0.2) is 28.6 Å². The van der Waals surface area contributed by atoms with E-state index in [2.05, 4.69) is 0 Å². The largest absolute Gasteiger partial charge is 0.380 e. The molecule has 0 atom stereocenters. The van der Waals surface area contributed by atoms with Crippen molar-refractivity contribution in [2.75, 3.05) is 6.26 Å². The maximum atomic E-state index is 15.3. The van der Waals surface area contributed by atoms with Gasteiger partial charge in [0.15, 0.2) is 0 Å². The molecule has 188 valence electrons. The monoisotopic (exact) mass is 528 g/mol. The first kappa shape index (κ1) is 25.8. The molecule has 0 fully saturated rings. The van der Waals surface area contributed by atoms with Crippen molar-refractivity contribution in [3.63, 3.8) is 0 Å². The Labute approximate surface area is 204 Å². The summed E-state index contributed by atoms with van der Waals surface area (Å²) in [5.74, 6) is -18.4. The zero-order valence-electron chi connectivity index (χ0n) is 18.9. The van der Waals surface area contributed by atoms with Crippen molar-refractivity contribution in [1.29, 1.82) is 5.26 Å². The van der Waals surface area contributed by atoms with E-state index in [1.54, 1.807) is 6.07 Å². The molecule has 0 saturated heterocycles. The lowest BCUT2D eigenvalue weighted by molar-refractivity contribution is -0.254. The van der Waals surface area contributed by atoms with Crippen LogP contribution in [0.25, 0.3) is 22.3 Å². The van der Waals surface area contributed by atoms with Crippen LogP contribution in [0.2, 0.25) is 0 Å². The Bertz CT molecular complexity index is 1440. The summed E-state index contributed by atoms with van der Waals surface area (Å²) >= 11 is 0.845. The molecule has 36 heavy (non-hydrogen) atoms. The molecule has 0 spiro atoms. The third kappa shape index (κ3) is 3.53. The molecule has 11 heteroatoms. The fourth-order valence-electron chi connectivity index (χ4n) is 4.30. The van der Waals surface area contributed by atoms with Gasteiger partial charge in [-0.2, -0.15) is 31.6 Å². The lowest BCUT2D eigenvalue weighted by Gasteiger charge is -2.26. The molecule has 0 unspecified atom stereocenters. The van der Waals surface area contributed by atoms with Crippen LogP contribution in [0, 0.1) is 29.9 Å². The van der Waals surface area contributed by atoms with Gasteiger partial charge in [-0.25, -0.2) is 8.78 Å². The van der Waals surface area contributed by atoms with Crippen molar-refractivity contribution in [3.8, 4) is 17.2 Å². The Hall–Kier alpha value is -3.26. The fourth-order valence-corrected chi connectivity index (χ4v) is 4.88. The summed E-state index contributed by atoms with van der Waals surface area (Å²) in [7, 11) is 1.31. The van der Waals surface area contributed by atoms with Gasteiger partial charge in [0.25, 0.3) is 0 Å². The third-order valence-electron chi connectivity index (χ3n) is 6.25. The first-order valence-corrected chi connectivity index (χ1v) is 11.5. The van der Waals surface area contributed by atoms with Crippen LogP contribution in [0.5, 0.6) is 0 Å². The molecule has 1 heterocycles. The van der Waals surface area contributed by atoms with Gasteiger partial charge >= 0.3 is 17.8 Å². The molecule has 0 amide bonds. The molecule has 3 aromatic rings. The van der Waals surface area contributed by atoms with E-state index < -0.39 is 51.7 Å². The summed E-state index contributed by atoms with van der Waals surface area (Å²) in [4.78, 5) is -0.0367. The maximum absolute atomic E-state index is 15.3. The van der Waals surface area contributed by atoms with E-state index in [-0.39, 0.29) is 27.4 Å². The van der Waals surface area contributed by atoms with Gasteiger partial charge in [0.05, 0.1) is 0 Å². The standard InChI is InChI=1S/C25H16F8N2S/c1-12-18(10-17(11-34)35(12)2)21-22(24(30,31)25(32,33)23(21,28)29)19-8-13(4-5-20(19)36-3)14-6-15(26)9-16(27)7-14/h4-10H,1-3H3. The predicted octanol–water partition coefficient (Wildman–Crippen LogP) is 7.70. The van der Waals surface area contributed by atoms with Crippen molar-refractivity contribution in [1.82, 2.24) is 4.57 Å². The number of allylic oxidation sites excluding steroid dienone is 2. The Morgan fingerprint density at radius 2 is 1.36 bits per heavy atom. The Balaban J connectivity index is 2.13. The summed E-state index contributed by atoms with van der Waals surface area (Å²) in [6, 6.07) is 8.42. The van der Waals surface area contributed by atoms with Gasteiger partial charge in [0.1, 0.15) is 23.4 Å². The van der Waals surface area contributed by atoms with Crippen molar-refractivity contribution in [2.45, 2.75) is 29.6 Å². The lowest BCUT2D eigenvalue weighted by Crippen LogP contribution is -2.49. The summed E-state index contributed by atoms with van der Waals surface area (Å²) in [6.07, 6.45) is 1.44. The van der Waals surface area contributed by atoms with E-state index in [0.717, 1.165) is 40.6 Å². The SMILES string of the molecule is CSc1ccc(-c2cc(F)cc(F)c2)cc1C1=C(c2cc(C#N)n(C)c2C)C(F)(F)C(F)(F)C1(F)F. The number of thioether (sulfide) groups is 1. The van der Waals surface area contributed by atoms with E-state index >= 15 is 17.6 Å². The highest BCUT2D eigenvalue weighted by Crippen LogP contribution is 2.65. The number of nitrogens with zero attached hydrogens (tertiary/aromatic N) is 2. The van der Waals surface area contributed by atoms with E-state index in [1.165, 1.54) is 32.4 Å². The molecule has 1 aliphatic carbocycles. The number of rotatable bonds is 4. The van der Waals surface area contributed by atoms with Crippen LogP contribution >= 0.6 is 11.8 Å². The first-order chi connectivity index (χ1) is 16.7. The highest BCUT2D eigenvalue weighted by atomic mass is 32.2. The number of halogens is 8.